The number of carbonyl (C=O) groups excluding carboxylic acids is 1. The Labute approximate surface area is 143 Å². The molecule has 3 atom stereocenters. The van der Waals surface area contributed by atoms with Crippen LogP contribution < -0.4 is 9.47 Å². The Morgan fingerprint density at radius 2 is 1.79 bits per heavy atom. The number of nitrogens with zero attached hydrogens (tertiary/aromatic N) is 2. The van der Waals surface area contributed by atoms with Crippen molar-refractivity contribution in [1.29, 1.82) is 0 Å². The van der Waals surface area contributed by atoms with E-state index in [2.05, 4.69) is 4.98 Å². The molecule has 1 amide bonds. The molecule has 2 saturated heterocycles. The molecular formula is C18H26N2O4. The Bertz CT molecular complexity index is 585. The summed E-state index contributed by atoms with van der Waals surface area (Å²) in [6, 6.07) is 5.88. The number of ether oxygens (including phenoxy) is 3. The predicted octanol–water partition coefficient (Wildman–Crippen LogP) is 3.40. The van der Waals surface area contributed by atoms with E-state index in [1.807, 2.05) is 37.8 Å². The van der Waals surface area contributed by atoms with Crippen LogP contribution in [0.15, 0.2) is 18.2 Å². The molecule has 6 nitrogen and oxygen atoms in total. The third-order valence-corrected chi connectivity index (χ3v) is 4.49. The van der Waals surface area contributed by atoms with Crippen LogP contribution in [-0.2, 0) is 4.74 Å². The highest BCUT2D eigenvalue weighted by atomic mass is 16.6. The molecule has 2 aliphatic rings. The molecule has 1 aromatic rings. The quantitative estimate of drug-likeness (QED) is 0.848. The van der Waals surface area contributed by atoms with E-state index in [9.17, 15) is 4.79 Å². The number of fused-ring (bicyclic) bond motifs is 2. The van der Waals surface area contributed by atoms with E-state index in [-0.39, 0.29) is 24.3 Å². The maximum Gasteiger partial charge on any atom is 0.410 e. The molecule has 24 heavy (non-hydrogen) atoms. The van der Waals surface area contributed by atoms with Crippen LogP contribution in [0, 0.1) is 0 Å². The van der Waals surface area contributed by atoms with Crippen LogP contribution >= 0.6 is 0 Å². The van der Waals surface area contributed by atoms with E-state index in [1.54, 1.807) is 13.2 Å². The highest BCUT2D eigenvalue weighted by Crippen LogP contribution is 2.38. The van der Waals surface area contributed by atoms with Crippen LogP contribution in [0.1, 0.15) is 46.5 Å². The largest absolute Gasteiger partial charge is 0.481 e. The van der Waals surface area contributed by atoms with Gasteiger partial charge in [0.2, 0.25) is 11.8 Å². The topological polar surface area (TPSA) is 60.9 Å². The number of amides is 1. The fourth-order valence-corrected chi connectivity index (χ4v) is 3.58. The molecule has 0 N–H and O–H groups in total. The lowest BCUT2D eigenvalue weighted by Crippen LogP contribution is -2.50. The van der Waals surface area contributed by atoms with Gasteiger partial charge >= 0.3 is 6.09 Å². The van der Waals surface area contributed by atoms with Crippen molar-refractivity contribution in [2.75, 3.05) is 7.11 Å². The van der Waals surface area contributed by atoms with E-state index >= 15 is 0 Å². The number of pyridine rings is 1. The van der Waals surface area contributed by atoms with Crippen molar-refractivity contribution in [2.24, 2.45) is 0 Å². The SMILES string of the molecule is COc1cccc(O[C@H]2C[C@H]3CC[C@@H](C2)N3C(=O)OC(C)(C)C)n1. The maximum atomic E-state index is 12.5. The summed E-state index contributed by atoms with van der Waals surface area (Å²) in [5.74, 6) is 1.12. The molecule has 6 heteroatoms. The Morgan fingerprint density at radius 1 is 1.17 bits per heavy atom. The molecule has 0 spiro atoms. The summed E-state index contributed by atoms with van der Waals surface area (Å²) >= 11 is 0. The summed E-state index contributed by atoms with van der Waals surface area (Å²) in [5.41, 5.74) is -0.464. The number of carbonyl (C=O) groups is 1. The van der Waals surface area contributed by atoms with Gasteiger partial charge in [-0.2, -0.15) is 4.98 Å². The average molecular weight is 334 g/mol. The van der Waals surface area contributed by atoms with Crippen molar-refractivity contribution >= 4 is 6.09 Å². The normalized spacial score (nSPS) is 26.2. The monoisotopic (exact) mass is 334 g/mol. The van der Waals surface area contributed by atoms with Crippen molar-refractivity contribution < 1.29 is 19.0 Å². The lowest BCUT2D eigenvalue weighted by Gasteiger charge is -2.39. The van der Waals surface area contributed by atoms with E-state index in [0.29, 0.717) is 11.8 Å². The van der Waals surface area contributed by atoms with Gasteiger partial charge in [0.15, 0.2) is 0 Å². The first-order chi connectivity index (χ1) is 11.4. The minimum Gasteiger partial charge on any atom is -0.481 e. The van der Waals surface area contributed by atoms with E-state index in [4.69, 9.17) is 14.2 Å². The molecule has 0 saturated carbocycles. The third-order valence-electron chi connectivity index (χ3n) is 4.49. The van der Waals surface area contributed by atoms with Crippen molar-refractivity contribution in [3.8, 4) is 11.8 Å². The molecule has 0 radical (unpaired) electrons. The summed E-state index contributed by atoms with van der Waals surface area (Å²) in [4.78, 5) is 18.7. The third kappa shape index (κ3) is 3.74. The van der Waals surface area contributed by atoms with E-state index < -0.39 is 5.60 Å². The van der Waals surface area contributed by atoms with Crippen molar-refractivity contribution in [3.63, 3.8) is 0 Å². The van der Waals surface area contributed by atoms with Crippen LogP contribution in [-0.4, -0.2) is 46.9 Å². The zero-order valence-electron chi connectivity index (χ0n) is 14.8. The summed E-state index contributed by atoms with van der Waals surface area (Å²) in [5, 5.41) is 0. The minimum absolute atomic E-state index is 0.0702. The number of piperidine rings is 1. The zero-order valence-corrected chi connectivity index (χ0v) is 14.8. The van der Waals surface area contributed by atoms with Crippen LogP contribution in [0.5, 0.6) is 11.8 Å². The highest BCUT2D eigenvalue weighted by molar-refractivity contribution is 5.69. The number of methoxy groups -OCH3 is 1. The number of hydrogen-bond acceptors (Lipinski definition) is 5. The van der Waals surface area contributed by atoms with Crippen LogP contribution in [0.3, 0.4) is 0 Å². The van der Waals surface area contributed by atoms with Gasteiger partial charge in [-0.1, -0.05) is 6.07 Å². The van der Waals surface area contributed by atoms with Crippen molar-refractivity contribution in [3.05, 3.63) is 18.2 Å². The maximum absolute atomic E-state index is 12.5. The highest BCUT2D eigenvalue weighted by Gasteiger charge is 2.45. The molecular weight excluding hydrogens is 308 g/mol. The Hall–Kier alpha value is -1.98. The molecule has 0 aliphatic carbocycles. The van der Waals surface area contributed by atoms with Gasteiger partial charge in [0.1, 0.15) is 11.7 Å². The van der Waals surface area contributed by atoms with Gasteiger partial charge in [-0.15, -0.1) is 0 Å². The average Bonchev–Trinajstić information content (AvgIpc) is 2.77. The molecule has 3 rings (SSSR count). The number of hydrogen-bond donors (Lipinski definition) is 0. The van der Waals surface area contributed by atoms with Gasteiger partial charge in [0, 0.05) is 37.1 Å². The van der Waals surface area contributed by atoms with Gasteiger partial charge in [-0.05, 0) is 33.6 Å². The van der Waals surface area contributed by atoms with Crippen molar-refractivity contribution in [2.45, 2.75) is 70.2 Å². The first-order valence-electron chi connectivity index (χ1n) is 8.55. The van der Waals surface area contributed by atoms with Gasteiger partial charge in [-0.3, -0.25) is 0 Å². The summed E-state index contributed by atoms with van der Waals surface area (Å²) in [6.07, 6.45) is 3.52. The second kappa shape index (κ2) is 6.49. The van der Waals surface area contributed by atoms with Crippen molar-refractivity contribution in [1.82, 2.24) is 9.88 Å². The summed E-state index contributed by atoms with van der Waals surface area (Å²) in [6.45, 7) is 5.70. The van der Waals surface area contributed by atoms with Gasteiger partial charge < -0.3 is 19.1 Å². The number of rotatable bonds is 3. The molecule has 2 fully saturated rings. The second-order valence-electron chi connectivity index (χ2n) is 7.50. The standard InChI is InChI=1S/C18H26N2O4/c1-18(2,3)24-17(21)20-12-8-9-13(20)11-14(10-12)23-16-7-5-6-15(19-16)22-4/h5-7,12-14H,8-11H2,1-4H3/t12-,13+,14+. The molecule has 2 aliphatic heterocycles. The fourth-order valence-electron chi connectivity index (χ4n) is 3.58. The molecule has 132 valence electrons. The molecule has 3 heterocycles. The van der Waals surface area contributed by atoms with Gasteiger partial charge in [0.05, 0.1) is 7.11 Å². The first kappa shape index (κ1) is 16.9. The van der Waals surface area contributed by atoms with Crippen LogP contribution in [0.4, 0.5) is 4.79 Å². The van der Waals surface area contributed by atoms with Gasteiger partial charge in [-0.25, -0.2) is 4.79 Å². The zero-order chi connectivity index (χ0) is 17.3. The first-order valence-corrected chi connectivity index (χ1v) is 8.55. The summed E-state index contributed by atoms with van der Waals surface area (Å²) < 4.78 is 16.7. The molecule has 1 aromatic heterocycles. The Balaban J connectivity index is 1.63. The Morgan fingerprint density at radius 3 is 2.38 bits per heavy atom. The predicted molar refractivity (Wildman–Crippen MR) is 89.3 cm³/mol. The van der Waals surface area contributed by atoms with Crippen LogP contribution in [0.2, 0.25) is 0 Å². The fraction of sp³-hybridized carbons (Fsp3) is 0.667. The molecule has 0 unspecified atom stereocenters. The lowest BCUT2D eigenvalue weighted by atomic mass is 10.0. The Kier molecular flexibility index (Phi) is 4.56. The van der Waals surface area contributed by atoms with E-state index in [1.165, 1.54) is 0 Å². The smallest absolute Gasteiger partial charge is 0.410 e. The lowest BCUT2D eigenvalue weighted by molar-refractivity contribution is -0.00763. The van der Waals surface area contributed by atoms with Crippen LogP contribution in [0.25, 0.3) is 0 Å². The minimum atomic E-state index is -0.464. The second-order valence-corrected chi connectivity index (χ2v) is 7.50. The van der Waals surface area contributed by atoms with E-state index in [0.717, 1.165) is 25.7 Å². The summed E-state index contributed by atoms with van der Waals surface area (Å²) in [7, 11) is 1.59. The molecule has 0 aromatic carbocycles. The molecule has 2 bridgehead atoms. The van der Waals surface area contributed by atoms with Gasteiger partial charge in [0.25, 0.3) is 0 Å². The number of aromatic nitrogens is 1.